The quantitative estimate of drug-likeness (QED) is 0.163. The SMILES string of the molecule is N#Cc1ccc(-c2cc3c4cccnc4c(-c4cccc(-c5nc(-c6ccccc6)nc(-c6ccc7c(c6)sc6ccccc67)n5)c4)cc3c3cccnc23)cc1. The van der Waals surface area contributed by atoms with E-state index in [1.165, 1.54) is 20.2 Å². The van der Waals surface area contributed by atoms with E-state index in [0.29, 0.717) is 23.0 Å². The largest absolute Gasteiger partial charge is 0.256 e. The summed E-state index contributed by atoms with van der Waals surface area (Å²) >= 11 is 1.78. The molecule has 6 nitrogen and oxygen atoms in total. The lowest BCUT2D eigenvalue weighted by atomic mass is 9.90. The first-order valence-electron chi connectivity index (χ1n) is 18.6. The number of nitrogens with zero attached hydrogens (tertiary/aromatic N) is 6. The Balaban J connectivity index is 1.09. The number of hydrogen-bond donors (Lipinski definition) is 0. The van der Waals surface area contributed by atoms with Crippen molar-refractivity contribution in [2.45, 2.75) is 0 Å². The average molecular weight is 745 g/mol. The summed E-state index contributed by atoms with van der Waals surface area (Å²) in [4.78, 5) is 25.1. The van der Waals surface area contributed by atoms with Crippen molar-refractivity contribution in [3.8, 4) is 62.5 Å². The van der Waals surface area contributed by atoms with Crippen molar-refractivity contribution in [3.63, 3.8) is 0 Å². The first-order valence-corrected chi connectivity index (χ1v) is 19.4. The molecule has 4 heterocycles. The summed E-state index contributed by atoms with van der Waals surface area (Å²) in [6, 6.07) is 56.1. The van der Waals surface area contributed by atoms with E-state index < -0.39 is 0 Å². The topological polar surface area (TPSA) is 88.2 Å². The minimum Gasteiger partial charge on any atom is -0.256 e. The van der Waals surface area contributed by atoms with Crippen LogP contribution in [0.5, 0.6) is 0 Å². The van der Waals surface area contributed by atoms with E-state index in [1.807, 2.05) is 79.1 Å². The van der Waals surface area contributed by atoms with Gasteiger partial charge in [0.1, 0.15) is 0 Å². The second-order valence-corrected chi connectivity index (χ2v) is 15.1. The van der Waals surface area contributed by atoms with Crippen LogP contribution >= 0.6 is 11.3 Å². The van der Waals surface area contributed by atoms with E-state index in [4.69, 9.17) is 24.9 Å². The fraction of sp³-hybridized carbons (Fsp3) is 0. The molecule has 0 aliphatic carbocycles. The Morgan fingerprint density at radius 2 is 0.930 bits per heavy atom. The summed E-state index contributed by atoms with van der Waals surface area (Å²) in [5.74, 6) is 1.84. The molecule has 0 aliphatic heterocycles. The summed E-state index contributed by atoms with van der Waals surface area (Å²) in [7, 11) is 0. The van der Waals surface area contributed by atoms with Crippen LogP contribution in [0.3, 0.4) is 0 Å². The van der Waals surface area contributed by atoms with Gasteiger partial charge in [0.25, 0.3) is 0 Å². The van der Waals surface area contributed by atoms with Crippen LogP contribution < -0.4 is 0 Å². The molecule has 0 saturated carbocycles. The molecule has 0 fully saturated rings. The standard InChI is InChI=1S/C50H28N6S/c51-29-30-17-19-31(20-18-30)40-27-42-39-15-8-24-53-47(39)41(28-43(42)38-14-7-23-52-46(38)40)33-11-6-12-34(25-33)49-54-48(32-9-2-1-3-10-32)55-50(56-49)35-21-22-37-36-13-4-5-16-44(36)57-45(37)26-35/h1-28H. The molecule has 0 unspecified atom stereocenters. The van der Waals surface area contributed by atoms with Gasteiger partial charge in [-0.1, -0.05) is 103 Å². The number of rotatable bonds is 5. The van der Waals surface area contributed by atoms with E-state index in [0.717, 1.165) is 71.5 Å². The molecule has 57 heavy (non-hydrogen) atoms. The lowest BCUT2D eigenvalue weighted by molar-refractivity contribution is 1.07. The number of thiophene rings is 1. The van der Waals surface area contributed by atoms with Gasteiger partial charge in [0.05, 0.1) is 22.7 Å². The Morgan fingerprint density at radius 1 is 0.386 bits per heavy atom. The van der Waals surface area contributed by atoms with Crippen molar-refractivity contribution in [1.29, 1.82) is 5.26 Å². The predicted molar refractivity (Wildman–Crippen MR) is 233 cm³/mol. The third-order valence-electron chi connectivity index (χ3n) is 10.6. The molecule has 0 aliphatic rings. The highest BCUT2D eigenvalue weighted by atomic mass is 32.1. The van der Waals surface area contributed by atoms with Crippen LogP contribution in [0.15, 0.2) is 170 Å². The van der Waals surface area contributed by atoms with E-state index >= 15 is 0 Å². The third kappa shape index (κ3) is 5.58. The van der Waals surface area contributed by atoms with Gasteiger partial charge in [-0.3, -0.25) is 9.97 Å². The van der Waals surface area contributed by atoms with Gasteiger partial charge < -0.3 is 0 Å². The van der Waals surface area contributed by atoms with Crippen molar-refractivity contribution in [3.05, 3.63) is 176 Å². The molecule has 0 saturated heterocycles. The maximum absolute atomic E-state index is 9.43. The minimum atomic E-state index is 0.594. The van der Waals surface area contributed by atoms with Crippen molar-refractivity contribution in [2.24, 2.45) is 0 Å². The highest BCUT2D eigenvalue weighted by molar-refractivity contribution is 7.25. The second-order valence-electron chi connectivity index (χ2n) is 14.0. The maximum Gasteiger partial charge on any atom is 0.164 e. The summed E-state index contributed by atoms with van der Waals surface area (Å²) in [5.41, 5.74) is 9.18. The molecule has 0 atom stereocenters. The number of benzene rings is 7. The Hall–Kier alpha value is -7.66. The van der Waals surface area contributed by atoms with Gasteiger partial charge in [0.15, 0.2) is 17.5 Å². The van der Waals surface area contributed by atoms with Crippen molar-refractivity contribution in [1.82, 2.24) is 24.9 Å². The van der Waals surface area contributed by atoms with Gasteiger partial charge in [0.2, 0.25) is 0 Å². The molecular formula is C50H28N6S. The van der Waals surface area contributed by atoms with Crippen LogP contribution in [0.4, 0.5) is 0 Å². The Bertz CT molecular complexity index is 3420. The Kier molecular flexibility index (Phi) is 7.63. The molecule has 11 aromatic rings. The van der Waals surface area contributed by atoms with Crippen LogP contribution in [0.25, 0.3) is 109 Å². The van der Waals surface area contributed by atoms with Crippen molar-refractivity contribution >= 4 is 64.1 Å². The molecule has 0 spiro atoms. The van der Waals surface area contributed by atoms with Gasteiger partial charge >= 0.3 is 0 Å². The van der Waals surface area contributed by atoms with Crippen LogP contribution in [0.2, 0.25) is 0 Å². The molecule has 4 aromatic heterocycles. The van der Waals surface area contributed by atoms with Gasteiger partial charge in [0, 0.05) is 71.2 Å². The number of nitriles is 1. The minimum absolute atomic E-state index is 0.594. The van der Waals surface area contributed by atoms with E-state index in [9.17, 15) is 5.26 Å². The molecule has 0 bridgehead atoms. The fourth-order valence-electron chi connectivity index (χ4n) is 7.91. The zero-order valence-corrected chi connectivity index (χ0v) is 31.1. The third-order valence-corrected chi connectivity index (χ3v) is 11.8. The molecule has 0 amide bonds. The van der Waals surface area contributed by atoms with E-state index in [2.05, 4.69) is 97.1 Å². The molecule has 0 N–H and O–H groups in total. The van der Waals surface area contributed by atoms with Crippen molar-refractivity contribution < 1.29 is 0 Å². The lowest BCUT2D eigenvalue weighted by Gasteiger charge is -2.15. The maximum atomic E-state index is 9.43. The zero-order valence-electron chi connectivity index (χ0n) is 30.3. The normalized spacial score (nSPS) is 11.5. The molecule has 0 radical (unpaired) electrons. The highest BCUT2D eigenvalue weighted by Crippen LogP contribution is 2.42. The van der Waals surface area contributed by atoms with Crippen LogP contribution in [0, 0.1) is 11.3 Å². The van der Waals surface area contributed by atoms with Crippen LogP contribution in [-0.4, -0.2) is 24.9 Å². The predicted octanol–water partition coefficient (Wildman–Crippen LogP) is 12.7. The van der Waals surface area contributed by atoms with Crippen LogP contribution in [-0.2, 0) is 0 Å². The lowest BCUT2D eigenvalue weighted by Crippen LogP contribution is -2.00. The van der Waals surface area contributed by atoms with Gasteiger partial charge in [-0.15, -0.1) is 11.3 Å². The summed E-state index contributed by atoms with van der Waals surface area (Å²) in [6.07, 6.45) is 3.69. The summed E-state index contributed by atoms with van der Waals surface area (Å²) in [6.45, 7) is 0. The molecule has 7 aromatic carbocycles. The Labute approximate surface area is 331 Å². The molecule has 264 valence electrons. The zero-order chi connectivity index (χ0) is 37.9. The Morgan fingerprint density at radius 3 is 1.63 bits per heavy atom. The van der Waals surface area contributed by atoms with E-state index in [-0.39, 0.29) is 0 Å². The molecule has 11 rings (SSSR count). The van der Waals surface area contributed by atoms with Gasteiger partial charge in [-0.25, -0.2) is 15.0 Å². The number of hydrogen-bond acceptors (Lipinski definition) is 7. The second kappa shape index (κ2) is 13.3. The van der Waals surface area contributed by atoms with Gasteiger partial charge in [-0.05, 0) is 76.5 Å². The summed E-state index contributed by atoms with van der Waals surface area (Å²) in [5, 5.41) is 16.2. The van der Waals surface area contributed by atoms with Crippen molar-refractivity contribution in [2.75, 3.05) is 0 Å². The van der Waals surface area contributed by atoms with Crippen LogP contribution in [0.1, 0.15) is 5.56 Å². The first-order chi connectivity index (χ1) is 28.2. The number of fused-ring (bicyclic) bond motifs is 8. The number of pyridine rings is 2. The first kappa shape index (κ1) is 32.7. The molecular weight excluding hydrogens is 717 g/mol. The average Bonchev–Trinajstić information content (AvgIpc) is 3.67. The summed E-state index contributed by atoms with van der Waals surface area (Å²) < 4.78 is 2.45. The smallest absolute Gasteiger partial charge is 0.164 e. The number of aromatic nitrogens is 5. The fourth-order valence-corrected chi connectivity index (χ4v) is 9.05. The van der Waals surface area contributed by atoms with Gasteiger partial charge in [-0.2, -0.15) is 5.26 Å². The van der Waals surface area contributed by atoms with E-state index in [1.54, 1.807) is 11.3 Å². The monoisotopic (exact) mass is 744 g/mol. The molecule has 7 heteroatoms. The highest BCUT2D eigenvalue weighted by Gasteiger charge is 2.18.